The molecule has 3 rings (SSSR count). The van der Waals surface area contributed by atoms with Gasteiger partial charge >= 0.3 is 0 Å². The number of piperidine rings is 1. The first kappa shape index (κ1) is 18.3. The highest BCUT2D eigenvalue weighted by Crippen LogP contribution is 2.31. The zero-order valence-corrected chi connectivity index (χ0v) is 14.5. The van der Waals surface area contributed by atoms with Gasteiger partial charge in [-0.2, -0.15) is 0 Å². The molecule has 1 saturated heterocycles. The summed E-state index contributed by atoms with van der Waals surface area (Å²) in [5, 5.41) is 3.29. The fourth-order valence-electron chi connectivity index (χ4n) is 2.72. The van der Waals surface area contributed by atoms with Crippen molar-refractivity contribution in [1.82, 2.24) is 10.0 Å². The van der Waals surface area contributed by atoms with E-state index in [1.807, 2.05) is 0 Å². The van der Waals surface area contributed by atoms with Crippen molar-refractivity contribution >= 4 is 22.4 Å². The summed E-state index contributed by atoms with van der Waals surface area (Å²) in [4.78, 5) is 0.223. The highest BCUT2D eigenvalue weighted by atomic mass is 35.5. The number of rotatable bonds is 4. The van der Waals surface area contributed by atoms with Crippen molar-refractivity contribution in [3.63, 3.8) is 0 Å². The Bertz CT molecular complexity index is 618. The molecule has 130 valence electrons. The van der Waals surface area contributed by atoms with Crippen LogP contribution in [0.25, 0.3) is 0 Å². The van der Waals surface area contributed by atoms with Gasteiger partial charge in [0.25, 0.3) is 0 Å². The van der Waals surface area contributed by atoms with E-state index in [2.05, 4.69) is 10.0 Å². The minimum atomic E-state index is -3.52. The second-order valence-corrected chi connectivity index (χ2v) is 7.49. The summed E-state index contributed by atoms with van der Waals surface area (Å²) in [6, 6.07) is 4.77. The maximum Gasteiger partial charge on any atom is 0.240 e. The van der Waals surface area contributed by atoms with Crippen LogP contribution in [0.4, 0.5) is 0 Å². The van der Waals surface area contributed by atoms with Gasteiger partial charge in [0.1, 0.15) is 0 Å². The zero-order chi connectivity index (χ0) is 15.4. The number of halogens is 1. The quantitative estimate of drug-likeness (QED) is 0.849. The van der Waals surface area contributed by atoms with Crippen LogP contribution in [0, 0.1) is 5.92 Å². The van der Waals surface area contributed by atoms with E-state index in [1.54, 1.807) is 18.2 Å². The average molecular weight is 363 g/mol. The lowest BCUT2D eigenvalue weighted by Crippen LogP contribution is -2.38. The molecule has 0 aliphatic carbocycles. The van der Waals surface area contributed by atoms with Crippen LogP contribution in [0.1, 0.15) is 19.3 Å². The van der Waals surface area contributed by atoms with Crippen molar-refractivity contribution in [2.24, 2.45) is 5.92 Å². The third-order valence-electron chi connectivity index (χ3n) is 3.99. The monoisotopic (exact) mass is 362 g/mol. The van der Waals surface area contributed by atoms with Gasteiger partial charge in [-0.05, 0) is 44.0 Å². The van der Waals surface area contributed by atoms with Crippen LogP contribution in [0.5, 0.6) is 11.5 Å². The molecule has 2 heterocycles. The van der Waals surface area contributed by atoms with Gasteiger partial charge in [-0.15, -0.1) is 12.4 Å². The van der Waals surface area contributed by atoms with Crippen LogP contribution in [-0.2, 0) is 10.0 Å². The van der Waals surface area contributed by atoms with Crippen molar-refractivity contribution < 1.29 is 17.9 Å². The smallest absolute Gasteiger partial charge is 0.240 e. The summed E-state index contributed by atoms with van der Waals surface area (Å²) in [7, 11) is -3.52. The van der Waals surface area contributed by atoms with E-state index < -0.39 is 10.0 Å². The molecule has 6 nitrogen and oxygen atoms in total. The normalized spacial score (nSPS) is 21.1. The summed E-state index contributed by atoms with van der Waals surface area (Å²) in [5.74, 6) is 1.46. The van der Waals surface area contributed by atoms with Gasteiger partial charge in [0, 0.05) is 19.0 Å². The minimum Gasteiger partial charge on any atom is -0.490 e. The lowest BCUT2D eigenvalue weighted by atomic mass is 10.0. The molecule has 1 fully saturated rings. The molecular formula is C15H23ClN2O4S. The van der Waals surface area contributed by atoms with Crippen LogP contribution in [0.2, 0.25) is 0 Å². The van der Waals surface area contributed by atoms with Gasteiger partial charge in [-0.1, -0.05) is 0 Å². The Morgan fingerprint density at radius 1 is 1.17 bits per heavy atom. The minimum absolute atomic E-state index is 0. The number of sulfonamides is 1. The van der Waals surface area contributed by atoms with E-state index in [4.69, 9.17) is 9.47 Å². The molecule has 1 aromatic carbocycles. The number of hydrogen-bond donors (Lipinski definition) is 2. The molecule has 2 aliphatic rings. The molecule has 8 heteroatoms. The Morgan fingerprint density at radius 3 is 2.70 bits per heavy atom. The van der Waals surface area contributed by atoms with Gasteiger partial charge in [0.2, 0.25) is 10.0 Å². The van der Waals surface area contributed by atoms with E-state index in [0.717, 1.165) is 32.4 Å². The van der Waals surface area contributed by atoms with Gasteiger partial charge in [-0.25, -0.2) is 13.1 Å². The van der Waals surface area contributed by atoms with Crippen LogP contribution in [-0.4, -0.2) is 41.3 Å². The molecule has 0 bridgehead atoms. The first-order valence-electron chi connectivity index (χ1n) is 7.75. The van der Waals surface area contributed by atoms with Gasteiger partial charge < -0.3 is 14.8 Å². The highest BCUT2D eigenvalue weighted by Gasteiger charge is 2.21. The number of hydrogen-bond acceptors (Lipinski definition) is 5. The predicted molar refractivity (Wildman–Crippen MR) is 90.1 cm³/mol. The number of ether oxygens (including phenoxy) is 2. The van der Waals surface area contributed by atoms with E-state index in [1.165, 1.54) is 0 Å². The fraction of sp³-hybridized carbons (Fsp3) is 0.600. The number of nitrogens with one attached hydrogen (secondary N) is 2. The summed E-state index contributed by atoms with van der Waals surface area (Å²) >= 11 is 0. The molecule has 0 amide bonds. The van der Waals surface area contributed by atoms with Crippen LogP contribution >= 0.6 is 12.4 Å². The van der Waals surface area contributed by atoms with E-state index in [-0.39, 0.29) is 17.3 Å². The molecule has 0 aromatic heterocycles. The third kappa shape index (κ3) is 4.73. The van der Waals surface area contributed by atoms with Crippen molar-refractivity contribution in [1.29, 1.82) is 0 Å². The molecule has 23 heavy (non-hydrogen) atoms. The number of benzene rings is 1. The Balaban J connectivity index is 0.00000192. The molecule has 0 spiro atoms. The Hall–Kier alpha value is -1.02. The molecule has 1 unspecified atom stereocenters. The average Bonchev–Trinajstić information content (AvgIpc) is 2.78. The van der Waals surface area contributed by atoms with Crippen molar-refractivity contribution in [2.75, 3.05) is 32.8 Å². The summed E-state index contributed by atoms with van der Waals surface area (Å²) in [6.07, 6.45) is 2.94. The van der Waals surface area contributed by atoms with Crippen LogP contribution in [0.3, 0.4) is 0 Å². The molecule has 0 saturated carbocycles. The van der Waals surface area contributed by atoms with Gasteiger partial charge in [-0.3, -0.25) is 0 Å². The number of fused-ring (bicyclic) bond motifs is 1. The molecule has 0 radical (unpaired) electrons. The predicted octanol–water partition coefficient (Wildman–Crippen LogP) is 1.55. The highest BCUT2D eigenvalue weighted by molar-refractivity contribution is 7.89. The van der Waals surface area contributed by atoms with Gasteiger partial charge in [0.15, 0.2) is 11.5 Å². The molecular weight excluding hydrogens is 340 g/mol. The zero-order valence-electron chi connectivity index (χ0n) is 12.9. The Morgan fingerprint density at radius 2 is 1.96 bits per heavy atom. The van der Waals surface area contributed by atoms with E-state index >= 15 is 0 Å². The Kier molecular flexibility index (Phi) is 6.52. The van der Waals surface area contributed by atoms with Crippen molar-refractivity contribution in [2.45, 2.75) is 24.2 Å². The first-order valence-corrected chi connectivity index (χ1v) is 9.23. The largest absolute Gasteiger partial charge is 0.490 e. The third-order valence-corrected chi connectivity index (χ3v) is 5.41. The standard InChI is InChI=1S/C15H22N2O4S.ClH/c18-22(19,17-11-12-3-1-6-16-10-12)13-4-5-14-15(9-13)21-8-2-7-20-14;/h4-5,9,12,16-17H,1-3,6-8,10-11H2;1H. The van der Waals surface area contributed by atoms with Crippen LogP contribution < -0.4 is 19.5 Å². The van der Waals surface area contributed by atoms with Gasteiger partial charge in [0.05, 0.1) is 18.1 Å². The maximum absolute atomic E-state index is 12.4. The lowest BCUT2D eigenvalue weighted by molar-refractivity contribution is 0.297. The topological polar surface area (TPSA) is 76.7 Å². The SMILES string of the molecule is Cl.O=S(=O)(NCC1CCCNC1)c1ccc2c(c1)OCCCO2. The second kappa shape index (κ2) is 8.19. The Labute approximate surface area is 143 Å². The van der Waals surface area contributed by atoms with Crippen molar-refractivity contribution in [3.8, 4) is 11.5 Å². The summed E-state index contributed by atoms with van der Waals surface area (Å²) in [6.45, 7) is 3.47. The fourth-order valence-corrected chi connectivity index (χ4v) is 3.85. The van der Waals surface area contributed by atoms with Crippen LogP contribution in [0.15, 0.2) is 23.1 Å². The summed E-state index contributed by atoms with van der Waals surface area (Å²) < 4.78 is 38.6. The van der Waals surface area contributed by atoms with Crippen molar-refractivity contribution in [3.05, 3.63) is 18.2 Å². The second-order valence-electron chi connectivity index (χ2n) is 5.72. The molecule has 2 aliphatic heterocycles. The van der Waals surface area contributed by atoms with E-state index in [9.17, 15) is 8.42 Å². The lowest BCUT2D eigenvalue weighted by Gasteiger charge is -2.22. The van der Waals surface area contributed by atoms with E-state index in [0.29, 0.717) is 37.2 Å². The first-order chi connectivity index (χ1) is 10.6. The maximum atomic E-state index is 12.4. The summed E-state index contributed by atoms with van der Waals surface area (Å²) in [5.41, 5.74) is 0. The molecule has 1 atom stereocenters. The molecule has 2 N–H and O–H groups in total. The molecule has 1 aromatic rings.